The molecular formula is C23H14N2O9S. The Morgan fingerprint density at radius 2 is 1.66 bits per heavy atom. The van der Waals surface area contributed by atoms with Crippen LogP contribution in [0.4, 0.5) is 0 Å². The molecule has 1 aliphatic rings. The number of carbonyl (C=O) groups excluding carboxylic acids is 2. The molecule has 0 radical (unpaired) electrons. The fourth-order valence-corrected chi connectivity index (χ4v) is 4.55. The van der Waals surface area contributed by atoms with Crippen LogP contribution in [0, 0.1) is 0 Å². The lowest BCUT2D eigenvalue weighted by atomic mass is 9.95. The van der Waals surface area contributed by atoms with E-state index >= 15 is 0 Å². The molecule has 0 atom stereocenters. The van der Waals surface area contributed by atoms with Crippen LogP contribution in [-0.2, 0) is 10.1 Å². The van der Waals surface area contributed by atoms with Crippen molar-refractivity contribution < 1.29 is 47.4 Å². The van der Waals surface area contributed by atoms with Gasteiger partial charge in [-0.25, -0.2) is 0 Å². The second-order valence-electron chi connectivity index (χ2n) is 7.24. The summed E-state index contributed by atoms with van der Waals surface area (Å²) < 4.78 is 30.9. The second-order valence-corrected chi connectivity index (χ2v) is 8.76. The standard InChI is InChI=1S/C23H14N2O9S/c24-25-15-7-5-12-13(21(15)29)2-1-3-19(12)35(32,33)34-18-9-4-11(10-17(18)27)20(28)14-6-8-16(26)23(31)22(14)30/h1-10,26-27,30-31H. The lowest BCUT2D eigenvalue weighted by molar-refractivity contribution is -0.00436. The summed E-state index contributed by atoms with van der Waals surface area (Å²) in [5, 5.41) is 39.2. The summed E-state index contributed by atoms with van der Waals surface area (Å²) in [6, 6.07) is 8.88. The van der Waals surface area contributed by atoms with E-state index in [9.17, 15) is 38.4 Å². The number of hydrogen-bond acceptors (Lipinski definition) is 9. The predicted octanol–water partition coefficient (Wildman–Crippen LogP) is 2.39. The molecule has 0 heterocycles. The number of aromatic hydroxyl groups is 4. The van der Waals surface area contributed by atoms with Crippen molar-refractivity contribution in [1.29, 1.82) is 0 Å². The van der Waals surface area contributed by atoms with E-state index in [2.05, 4.69) is 4.79 Å². The van der Waals surface area contributed by atoms with E-state index in [0.29, 0.717) is 0 Å². The third-order valence-corrected chi connectivity index (χ3v) is 6.42. The highest BCUT2D eigenvalue weighted by molar-refractivity contribution is 7.87. The summed E-state index contributed by atoms with van der Waals surface area (Å²) in [5.74, 6) is -5.21. The molecule has 4 rings (SSSR count). The summed E-state index contributed by atoms with van der Waals surface area (Å²) >= 11 is 0. The molecule has 0 aromatic heterocycles. The van der Waals surface area contributed by atoms with Crippen LogP contribution < -0.4 is 4.18 Å². The van der Waals surface area contributed by atoms with E-state index in [4.69, 9.17) is 9.71 Å². The first-order valence-corrected chi connectivity index (χ1v) is 11.1. The molecule has 0 spiro atoms. The summed E-state index contributed by atoms with van der Waals surface area (Å²) in [4.78, 5) is 27.4. The molecule has 0 amide bonds. The lowest BCUT2D eigenvalue weighted by Gasteiger charge is -2.14. The molecule has 1 aliphatic carbocycles. The van der Waals surface area contributed by atoms with Gasteiger partial charge in [-0.3, -0.25) is 9.59 Å². The number of rotatable bonds is 5. The molecule has 0 saturated carbocycles. The number of carbonyl (C=O) groups is 2. The molecule has 3 aromatic rings. The number of ketones is 2. The van der Waals surface area contributed by atoms with E-state index < -0.39 is 50.4 Å². The Morgan fingerprint density at radius 1 is 0.914 bits per heavy atom. The highest BCUT2D eigenvalue weighted by atomic mass is 32.2. The monoisotopic (exact) mass is 494 g/mol. The van der Waals surface area contributed by atoms with Crippen LogP contribution in [-0.4, -0.2) is 50.9 Å². The van der Waals surface area contributed by atoms with Gasteiger partial charge in [0.15, 0.2) is 28.8 Å². The molecule has 0 unspecified atom stereocenters. The molecule has 4 N–H and O–H groups in total. The van der Waals surface area contributed by atoms with Crippen molar-refractivity contribution in [3.8, 4) is 28.7 Å². The Balaban J connectivity index is 1.67. The molecule has 12 heteroatoms. The van der Waals surface area contributed by atoms with Gasteiger partial charge in [-0.05, 0) is 42.5 Å². The summed E-state index contributed by atoms with van der Waals surface area (Å²) in [6.45, 7) is 0. The second kappa shape index (κ2) is 8.45. The van der Waals surface area contributed by atoms with Crippen molar-refractivity contribution in [1.82, 2.24) is 0 Å². The van der Waals surface area contributed by atoms with Gasteiger partial charge in [-0.2, -0.15) is 13.2 Å². The molecule has 11 nitrogen and oxygen atoms in total. The van der Waals surface area contributed by atoms with Gasteiger partial charge < -0.3 is 30.1 Å². The maximum absolute atomic E-state index is 12.9. The van der Waals surface area contributed by atoms with Gasteiger partial charge in [0, 0.05) is 22.8 Å². The number of allylic oxidation sites excluding steroid dienone is 1. The van der Waals surface area contributed by atoms with Gasteiger partial charge in [0.1, 0.15) is 4.90 Å². The summed E-state index contributed by atoms with van der Waals surface area (Å²) in [5.41, 5.74) is 8.02. The Bertz CT molecular complexity index is 1620. The number of Topliss-reactive ketones (excluding diaryl/α,β-unsaturated/α-hetero) is 1. The number of nitrogens with zero attached hydrogens (tertiary/aromatic N) is 2. The predicted molar refractivity (Wildman–Crippen MR) is 119 cm³/mol. The van der Waals surface area contributed by atoms with Crippen LogP contribution in [0.5, 0.6) is 28.7 Å². The largest absolute Gasteiger partial charge is 0.504 e. The summed E-state index contributed by atoms with van der Waals surface area (Å²) in [6.07, 6.45) is 2.40. The molecule has 0 bridgehead atoms. The Labute approximate surface area is 197 Å². The number of fused-ring (bicyclic) bond motifs is 1. The minimum Gasteiger partial charge on any atom is -0.504 e. The number of benzene rings is 3. The van der Waals surface area contributed by atoms with E-state index in [1.54, 1.807) is 0 Å². The molecule has 0 saturated heterocycles. The first kappa shape index (κ1) is 23.2. The van der Waals surface area contributed by atoms with Gasteiger partial charge in [0.05, 0.1) is 5.56 Å². The highest BCUT2D eigenvalue weighted by Crippen LogP contribution is 2.39. The van der Waals surface area contributed by atoms with Gasteiger partial charge in [0.2, 0.25) is 5.75 Å². The number of hydrogen-bond donors (Lipinski definition) is 4. The van der Waals surface area contributed by atoms with E-state index in [1.165, 1.54) is 24.3 Å². The van der Waals surface area contributed by atoms with Gasteiger partial charge in [0.25, 0.3) is 5.78 Å². The smallest absolute Gasteiger partial charge is 0.362 e. The van der Waals surface area contributed by atoms with E-state index in [0.717, 1.165) is 36.4 Å². The molecule has 3 aromatic carbocycles. The van der Waals surface area contributed by atoms with Gasteiger partial charge >= 0.3 is 15.8 Å². The zero-order chi connectivity index (χ0) is 25.5. The molecule has 0 fully saturated rings. The van der Waals surface area contributed by atoms with E-state index in [1.807, 2.05) is 0 Å². The maximum atomic E-state index is 12.9. The first-order valence-electron chi connectivity index (χ1n) is 9.69. The SMILES string of the molecule is [N-]=[N+]=C1C=Cc2c(cccc2S(=O)(=O)Oc2ccc(C(=O)c3ccc(O)c(O)c3O)cc2O)C1=O. The van der Waals surface area contributed by atoms with Crippen molar-refractivity contribution in [2.24, 2.45) is 0 Å². The molecule has 0 aliphatic heterocycles. The van der Waals surface area contributed by atoms with Crippen molar-refractivity contribution in [2.75, 3.05) is 0 Å². The first-order chi connectivity index (χ1) is 16.5. The van der Waals surface area contributed by atoms with Crippen LogP contribution in [0.2, 0.25) is 0 Å². The van der Waals surface area contributed by atoms with E-state index in [-0.39, 0.29) is 32.9 Å². The minimum absolute atomic E-state index is 0.00111. The molecule has 35 heavy (non-hydrogen) atoms. The summed E-state index contributed by atoms with van der Waals surface area (Å²) in [7, 11) is -4.58. The highest BCUT2D eigenvalue weighted by Gasteiger charge is 2.31. The lowest BCUT2D eigenvalue weighted by Crippen LogP contribution is -2.20. The zero-order valence-corrected chi connectivity index (χ0v) is 18.2. The average Bonchev–Trinajstić information content (AvgIpc) is 2.83. The number of phenolic OH excluding ortho intramolecular Hbond substituents is 4. The Kier molecular flexibility index (Phi) is 5.61. The van der Waals surface area contributed by atoms with Crippen molar-refractivity contribution in [3.63, 3.8) is 0 Å². The Morgan fingerprint density at radius 3 is 2.34 bits per heavy atom. The quantitative estimate of drug-likeness (QED) is 0.135. The van der Waals surface area contributed by atoms with Gasteiger partial charge in [-0.15, -0.1) is 0 Å². The third kappa shape index (κ3) is 3.99. The van der Waals surface area contributed by atoms with Crippen LogP contribution >= 0.6 is 0 Å². The van der Waals surface area contributed by atoms with Crippen LogP contribution in [0.15, 0.2) is 59.5 Å². The minimum atomic E-state index is -4.58. The Hall–Kier alpha value is -4.93. The van der Waals surface area contributed by atoms with Crippen LogP contribution in [0.25, 0.3) is 11.6 Å². The molecular weight excluding hydrogens is 480 g/mol. The third-order valence-electron chi connectivity index (χ3n) is 5.12. The van der Waals surface area contributed by atoms with Crippen molar-refractivity contribution in [2.45, 2.75) is 4.90 Å². The van der Waals surface area contributed by atoms with Crippen molar-refractivity contribution >= 4 is 33.5 Å². The maximum Gasteiger partial charge on any atom is 0.362 e. The van der Waals surface area contributed by atoms with Crippen LogP contribution in [0.1, 0.15) is 31.8 Å². The normalized spacial score (nSPS) is 12.7. The fraction of sp³-hybridized carbons (Fsp3) is 0. The fourth-order valence-electron chi connectivity index (χ4n) is 3.39. The average molecular weight is 494 g/mol. The van der Waals surface area contributed by atoms with Gasteiger partial charge in [-0.1, -0.05) is 12.1 Å². The zero-order valence-electron chi connectivity index (χ0n) is 17.4. The number of phenols is 4. The van der Waals surface area contributed by atoms with Crippen LogP contribution in [0.3, 0.4) is 0 Å². The molecule has 176 valence electrons. The topological polar surface area (TPSA) is 195 Å². The van der Waals surface area contributed by atoms with Crippen molar-refractivity contribution in [3.05, 3.63) is 82.4 Å².